The quantitative estimate of drug-likeness (QED) is 0.223. The van der Waals surface area contributed by atoms with Crippen molar-refractivity contribution in [3.8, 4) is 28.7 Å². The number of nitrogens with zero attached hydrogens (tertiary/aromatic N) is 3. The highest BCUT2D eigenvalue weighted by atomic mass is 35.5. The number of pyridine rings is 1. The summed E-state index contributed by atoms with van der Waals surface area (Å²) in [6, 6.07) is 20.9. The number of rotatable bonds is 8. The van der Waals surface area contributed by atoms with Crippen LogP contribution in [0.2, 0.25) is 5.02 Å². The number of carbonyl (C=O) groups excluding carboxylic acids is 1. The normalized spacial score (nSPS) is 10.9. The first-order chi connectivity index (χ1) is 18.9. The van der Waals surface area contributed by atoms with Gasteiger partial charge in [0.1, 0.15) is 11.5 Å². The average molecular weight is 542 g/mol. The third kappa shape index (κ3) is 5.32. The van der Waals surface area contributed by atoms with E-state index in [1.165, 1.54) is 10.7 Å². The molecule has 0 amide bonds. The molecule has 0 radical (unpaired) electrons. The largest absolute Gasteiger partial charge is 0.493 e. The van der Waals surface area contributed by atoms with Crippen molar-refractivity contribution in [3.05, 3.63) is 111 Å². The van der Waals surface area contributed by atoms with Crippen molar-refractivity contribution in [2.45, 2.75) is 13.3 Å². The molecular weight excluding hydrogens is 518 g/mol. The highest BCUT2D eigenvalue weighted by Gasteiger charge is 2.18. The number of hydrogen-bond acceptors (Lipinski definition) is 7. The lowest BCUT2D eigenvalue weighted by Gasteiger charge is -2.13. The van der Waals surface area contributed by atoms with Gasteiger partial charge in [0.15, 0.2) is 17.3 Å². The molecule has 0 aliphatic carbocycles. The topological polar surface area (TPSA) is 92.5 Å². The summed E-state index contributed by atoms with van der Waals surface area (Å²) in [6.07, 6.45) is 1.58. The number of aryl methyl sites for hydroxylation is 1. The number of hydrogen-bond donors (Lipinski definition) is 0. The van der Waals surface area contributed by atoms with E-state index in [9.17, 15) is 9.59 Å². The van der Waals surface area contributed by atoms with Crippen LogP contribution in [0.5, 0.6) is 23.0 Å². The summed E-state index contributed by atoms with van der Waals surface area (Å²) in [5, 5.41) is 5.36. The second kappa shape index (κ2) is 11.0. The second-order valence-electron chi connectivity index (χ2n) is 8.74. The Hall–Kier alpha value is -4.69. The molecule has 0 aliphatic rings. The van der Waals surface area contributed by atoms with Gasteiger partial charge in [-0.2, -0.15) is 9.78 Å². The van der Waals surface area contributed by atoms with E-state index in [0.717, 1.165) is 5.39 Å². The van der Waals surface area contributed by atoms with Gasteiger partial charge in [-0.05, 0) is 55.0 Å². The highest BCUT2D eigenvalue weighted by molar-refractivity contribution is 6.31. The Balaban J connectivity index is 1.40. The van der Waals surface area contributed by atoms with Crippen molar-refractivity contribution in [3.63, 3.8) is 0 Å². The van der Waals surface area contributed by atoms with Crippen LogP contribution in [0.3, 0.4) is 0 Å². The van der Waals surface area contributed by atoms with E-state index in [4.69, 9.17) is 25.8 Å². The first kappa shape index (κ1) is 25.9. The van der Waals surface area contributed by atoms with Crippen LogP contribution in [-0.4, -0.2) is 34.8 Å². The van der Waals surface area contributed by atoms with E-state index >= 15 is 0 Å². The maximum atomic E-state index is 13.2. The number of methoxy groups -OCH3 is 2. The zero-order valence-electron chi connectivity index (χ0n) is 21.5. The fourth-order valence-electron chi connectivity index (χ4n) is 4.23. The summed E-state index contributed by atoms with van der Waals surface area (Å²) in [6.45, 7) is 1.74. The molecular formula is C30H24ClN3O5. The first-order valence-electron chi connectivity index (χ1n) is 12.0. The number of Topliss-reactive ketones (excluding diaryl/α,β-unsaturated/α-hetero) is 1. The Bertz CT molecular complexity index is 1750. The number of ether oxygens (including phenoxy) is 3. The highest BCUT2D eigenvalue weighted by Crippen LogP contribution is 2.37. The van der Waals surface area contributed by atoms with E-state index in [1.54, 1.807) is 88.0 Å². The van der Waals surface area contributed by atoms with Gasteiger partial charge in [-0.3, -0.25) is 14.6 Å². The lowest BCUT2D eigenvalue weighted by Crippen LogP contribution is -2.28. The number of ketones is 1. The fourth-order valence-corrected chi connectivity index (χ4v) is 4.46. The van der Waals surface area contributed by atoms with Crippen molar-refractivity contribution in [2.24, 2.45) is 0 Å². The summed E-state index contributed by atoms with van der Waals surface area (Å²) >= 11 is 6.55. The van der Waals surface area contributed by atoms with Gasteiger partial charge >= 0.3 is 0 Å². The van der Waals surface area contributed by atoms with E-state index in [1.807, 2.05) is 6.07 Å². The predicted octanol–water partition coefficient (Wildman–Crippen LogP) is 5.98. The SMILES string of the molecule is COc1cc2nccc(Oc3ccc(CC(=O)c4cc(C)nn(-c5ccccc5)c4=O)c(Cl)c3)c2cc1OC. The molecule has 0 unspecified atom stereocenters. The van der Waals surface area contributed by atoms with Crippen LogP contribution in [0.1, 0.15) is 21.6 Å². The zero-order chi connectivity index (χ0) is 27.5. The molecule has 5 aromatic rings. The lowest BCUT2D eigenvalue weighted by atomic mass is 10.0. The Labute approximate surface area is 229 Å². The molecule has 9 heteroatoms. The molecule has 8 nitrogen and oxygen atoms in total. The third-order valence-corrected chi connectivity index (χ3v) is 6.50. The number of aromatic nitrogens is 3. The van der Waals surface area contributed by atoms with Gasteiger partial charge in [-0.25, -0.2) is 0 Å². The maximum Gasteiger partial charge on any atom is 0.282 e. The minimum absolute atomic E-state index is 0.0513. The molecule has 0 atom stereocenters. The average Bonchev–Trinajstić information content (AvgIpc) is 2.95. The molecule has 5 rings (SSSR count). The Morgan fingerprint density at radius 2 is 1.67 bits per heavy atom. The maximum absolute atomic E-state index is 13.2. The number of para-hydroxylation sites is 1. The summed E-state index contributed by atoms with van der Waals surface area (Å²) in [5.74, 6) is 1.78. The molecule has 0 fully saturated rings. The summed E-state index contributed by atoms with van der Waals surface area (Å²) < 4.78 is 18.1. The van der Waals surface area contributed by atoms with Crippen LogP contribution >= 0.6 is 11.6 Å². The molecule has 2 heterocycles. The molecule has 0 bridgehead atoms. The van der Waals surface area contributed by atoms with E-state index in [0.29, 0.717) is 50.5 Å². The van der Waals surface area contributed by atoms with Gasteiger partial charge in [0.2, 0.25) is 0 Å². The fraction of sp³-hybridized carbons (Fsp3) is 0.133. The molecule has 0 saturated carbocycles. The van der Waals surface area contributed by atoms with Gasteiger partial charge in [0.25, 0.3) is 5.56 Å². The van der Waals surface area contributed by atoms with Gasteiger partial charge in [0, 0.05) is 29.1 Å². The molecule has 196 valence electrons. The van der Waals surface area contributed by atoms with Crippen LogP contribution in [0.25, 0.3) is 16.6 Å². The molecule has 0 N–H and O–H groups in total. The van der Waals surface area contributed by atoms with Crippen LogP contribution in [0.4, 0.5) is 0 Å². The number of halogens is 1. The standard InChI is InChI=1S/C30H24ClN3O5/c1-18-13-23(30(36)34(33-18)20-7-5-4-6-8-20)26(35)14-19-9-10-21(15-24(19)31)39-27-11-12-32-25-17-29(38-3)28(37-2)16-22(25)27/h4-13,15-17H,14H2,1-3H3. The van der Waals surface area contributed by atoms with Crippen LogP contribution < -0.4 is 19.8 Å². The molecule has 0 aliphatic heterocycles. The van der Waals surface area contributed by atoms with E-state index < -0.39 is 5.56 Å². The molecule has 0 saturated heterocycles. The van der Waals surface area contributed by atoms with E-state index in [2.05, 4.69) is 10.1 Å². The molecule has 2 aromatic heterocycles. The van der Waals surface area contributed by atoms with Crippen molar-refractivity contribution in [1.29, 1.82) is 0 Å². The minimum Gasteiger partial charge on any atom is -0.493 e. The summed E-state index contributed by atoms with van der Waals surface area (Å²) in [5.41, 5.74) is 1.95. The van der Waals surface area contributed by atoms with Crippen LogP contribution in [0.15, 0.2) is 83.8 Å². The Kier molecular flexibility index (Phi) is 7.29. The smallest absolute Gasteiger partial charge is 0.282 e. The van der Waals surface area contributed by atoms with Gasteiger partial charge in [0.05, 0.1) is 36.7 Å². The van der Waals surface area contributed by atoms with Gasteiger partial charge < -0.3 is 14.2 Å². The summed E-state index contributed by atoms with van der Waals surface area (Å²) in [7, 11) is 3.12. The van der Waals surface area contributed by atoms with E-state index in [-0.39, 0.29) is 17.8 Å². The molecule has 39 heavy (non-hydrogen) atoms. The predicted molar refractivity (Wildman–Crippen MR) is 149 cm³/mol. The summed E-state index contributed by atoms with van der Waals surface area (Å²) in [4.78, 5) is 30.7. The minimum atomic E-state index is -0.482. The van der Waals surface area contributed by atoms with Gasteiger partial charge in [-0.1, -0.05) is 35.9 Å². The van der Waals surface area contributed by atoms with Crippen molar-refractivity contribution < 1.29 is 19.0 Å². The molecule has 0 spiro atoms. The Morgan fingerprint density at radius 3 is 2.38 bits per heavy atom. The van der Waals surface area contributed by atoms with Crippen LogP contribution in [-0.2, 0) is 6.42 Å². The van der Waals surface area contributed by atoms with Crippen molar-refractivity contribution >= 4 is 28.3 Å². The van der Waals surface area contributed by atoms with Gasteiger partial charge in [-0.15, -0.1) is 0 Å². The zero-order valence-corrected chi connectivity index (χ0v) is 22.2. The Morgan fingerprint density at radius 1 is 0.923 bits per heavy atom. The monoisotopic (exact) mass is 541 g/mol. The number of carbonyl (C=O) groups is 1. The third-order valence-electron chi connectivity index (χ3n) is 6.15. The van der Waals surface area contributed by atoms with Crippen molar-refractivity contribution in [2.75, 3.05) is 14.2 Å². The number of benzene rings is 3. The molecule has 3 aromatic carbocycles. The lowest BCUT2D eigenvalue weighted by molar-refractivity contribution is 0.0990. The number of fused-ring (bicyclic) bond motifs is 1. The van der Waals surface area contributed by atoms with Crippen LogP contribution in [0, 0.1) is 6.92 Å². The first-order valence-corrected chi connectivity index (χ1v) is 12.4. The second-order valence-corrected chi connectivity index (χ2v) is 9.15. The van der Waals surface area contributed by atoms with Crippen molar-refractivity contribution in [1.82, 2.24) is 14.8 Å².